The first-order valence-electron chi connectivity index (χ1n) is 9.67. The highest BCUT2D eigenvalue weighted by Gasteiger charge is 2.34. The lowest BCUT2D eigenvalue weighted by molar-refractivity contribution is 0.0714. The number of amides is 1. The van der Waals surface area contributed by atoms with E-state index in [0.717, 1.165) is 24.1 Å². The summed E-state index contributed by atoms with van der Waals surface area (Å²) in [6.07, 6.45) is 5.28. The molecule has 0 bridgehead atoms. The Balaban J connectivity index is 1.35. The van der Waals surface area contributed by atoms with Crippen LogP contribution in [0.4, 0.5) is 0 Å². The molecule has 0 N–H and O–H groups in total. The van der Waals surface area contributed by atoms with Crippen LogP contribution in [0.3, 0.4) is 0 Å². The first kappa shape index (κ1) is 18.6. The van der Waals surface area contributed by atoms with E-state index in [0.29, 0.717) is 22.4 Å². The molecule has 5 rings (SSSR count). The van der Waals surface area contributed by atoms with Crippen molar-refractivity contribution in [3.05, 3.63) is 83.5 Å². The van der Waals surface area contributed by atoms with E-state index in [9.17, 15) is 4.79 Å². The lowest BCUT2D eigenvalue weighted by atomic mass is 10.2. The topological polar surface area (TPSA) is 77.1 Å². The minimum absolute atomic E-state index is 0.0917. The number of benzene rings is 2. The highest BCUT2D eigenvalue weighted by Crippen LogP contribution is 2.30. The number of carbonyl (C=O) groups is 1. The molecule has 1 saturated carbocycles. The van der Waals surface area contributed by atoms with Crippen LogP contribution in [-0.2, 0) is 6.54 Å². The monoisotopic (exact) mass is 419 g/mol. The van der Waals surface area contributed by atoms with Crippen LogP contribution in [-0.4, -0.2) is 36.8 Å². The van der Waals surface area contributed by atoms with Gasteiger partial charge in [0, 0.05) is 22.8 Å². The van der Waals surface area contributed by atoms with Gasteiger partial charge in [0.05, 0.1) is 24.0 Å². The normalized spacial score (nSPS) is 13.4. The highest BCUT2D eigenvalue weighted by molar-refractivity contribution is 6.30. The van der Waals surface area contributed by atoms with Gasteiger partial charge in [0.25, 0.3) is 5.91 Å². The predicted molar refractivity (Wildman–Crippen MR) is 111 cm³/mol. The minimum atomic E-state index is -0.0917. The molecule has 0 saturated heterocycles. The van der Waals surface area contributed by atoms with E-state index < -0.39 is 0 Å². The zero-order valence-electron chi connectivity index (χ0n) is 16.0. The Labute approximate surface area is 177 Å². The molecule has 2 aromatic carbocycles. The van der Waals surface area contributed by atoms with E-state index in [2.05, 4.69) is 15.3 Å². The van der Waals surface area contributed by atoms with Gasteiger partial charge in [-0.25, -0.2) is 4.68 Å². The van der Waals surface area contributed by atoms with Crippen LogP contribution < -0.4 is 0 Å². The maximum Gasteiger partial charge on any atom is 0.257 e. The van der Waals surface area contributed by atoms with Crippen LogP contribution in [0, 0.1) is 0 Å². The fraction of sp³-hybridized carbons (Fsp3) is 0.182. The summed E-state index contributed by atoms with van der Waals surface area (Å²) in [6, 6.07) is 17.1. The largest absolute Gasteiger partial charge is 0.419 e. The Kier molecular flexibility index (Phi) is 4.80. The van der Waals surface area contributed by atoms with Gasteiger partial charge in [0.1, 0.15) is 0 Å². The molecule has 30 heavy (non-hydrogen) atoms. The summed E-state index contributed by atoms with van der Waals surface area (Å²) < 4.78 is 7.50. The summed E-state index contributed by atoms with van der Waals surface area (Å²) in [5.41, 5.74) is 2.22. The second-order valence-corrected chi connectivity index (χ2v) is 7.62. The molecule has 0 spiro atoms. The average molecular weight is 420 g/mol. The summed E-state index contributed by atoms with van der Waals surface area (Å²) in [7, 11) is 0. The molecule has 150 valence electrons. The molecule has 0 radical (unpaired) electrons. The zero-order valence-corrected chi connectivity index (χ0v) is 16.7. The number of halogens is 1. The zero-order chi connectivity index (χ0) is 20.5. The maximum absolute atomic E-state index is 13.2. The van der Waals surface area contributed by atoms with Crippen molar-refractivity contribution in [1.82, 2.24) is 24.9 Å². The number of hydrogen-bond donors (Lipinski definition) is 0. The Morgan fingerprint density at radius 2 is 1.87 bits per heavy atom. The molecule has 2 aromatic heterocycles. The summed E-state index contributed by atoms with van der Waals surface area (Å²) in [5, 5.41) is 13.2. The third-order valence-electron chi connectivity index (χ3n) is 4.96. The van der Waals surface area contributed by atoms with Gasteiger partial charge in [-0.2, -0.15) is 5.10 Å². The number of carbonyl (C=O) groups excluding carboxylic acids is 1. The lowest BCUT2D eigenvalue weighted by Crippen LogP contribution is -2.32. The summed E-state index contributed by atoms with van der Waals surface area (Å²) in [5.74, 6) is 0.711. The quantitative estimate of drug-likeness (QED) is 0.463. The number of hydrogen-bond acceptors (Lipinski definition) is 5. The second kappa shape index (κ2) is 7.76. The fourth-order valence-electron chi connectivity index (χ4n) is 3.25. The molecule has 7 nitrogen and oxygen atoms in total. The van der Waals surface area contributed by atoms with Crippen molar-refractivity contribution in [3.63, 3.8) is 0 Å². The molecule has 8 heteroatoms. The van der Waals surface area contributed by atoms with E-state index in [1.54, 1.807) is 34.1 Å². The van der Waals surface area contributed by atoms with Crippen LogP contribution in [0.15, 0.2) is 71.4 Å². The smallest absolute Gasteiger partial charge is 0.257 e. The van der Waals surface area contributed by atoms with Crippen molar-refractivity contribution in [1.29, 1.82) is 0 Å². The molecule has 4 aromatic rings. The van der Waals surface area contributed by atoms with Crippen molar-refractivity contribution in [2.24, 2.45) is 0 Å². The Hall–Kier alpha value is -3.45. The maximum atomic E-state index is 13.2. The van der Waals surface area contributed by atoms with Crippen molar-refractivity contribution in [2.45, 2.75) is 25.4 Å². The molecular weight excluding hydrogens is 402 g/mol. The van der Waals surface area contributed by atoms with Gasteiger partial charge >= 0.3 is 0 Å². The summed E-state index contributed by atoms with van der Waals surface area (Å²) in [6.45, 7) is 0.264. The molecule has 0 atom stereocenters. The molecule has 0 unspecified atom stereocenters. The van der Waals surface area contributed by atoms with Crippen molar-refractivity contribution >= 4 is 17.5 Å². The van der Waals surface area contributed by atoms with Crippen LogP contribution >= 0.6 is 11.6 Å². The van der Waals surface area contributed by atoms with Gasteiger partial charge in [-0.1, -0.05) is 29.8 Å². The number of para-hydroxylation sites is 1. The van der Waals surface area contributed by atoms with Crippen LogP contribution in [0.5, 0.6) is 0 Å². The number of aromatic nitrogens is 4. The Morgan fingerprint density at radius 3 is 2.60 bits per heavy atom. The second-order valence-electron chi connectivity index (χ2n) is 7.18. The standard InChI is InChI=1S/C22H18ClN5O2/c23-17-8-6-15(7-9-17)21-26-25-20(30-21)14-27(18-10-11-18)22(29)16-12-24-28(13-16)19-4-2-1-3-5-19/h1-9,12-13,18H,10-11,14H2. The SMILES string of the molecule is O=C(c1cnn(-c2ccccc2)c1)N(Cc1nnc(-c2ccc(Cl)cc2)o1)C1CC1. The van der Waals surface area contributed by atoms with Gasteiger partial charge in [0.15, 0.2) is 0 Å². The van der Waals surface area contributed by atoms with Gasteiger partial charge in [-0.05, 0) is 49.2 Å². The van der Waals surface area contributed by atoms with Crippen molar-refractivity contribution in [3.8, 4) is 17.1 Å². The number of nitrogens with zero attached hydrogens (tertiary/aromatic N) is 5. The van der Waals surface area contributed by atoms with Gasteiger partial charge in [-0.3, -0.25) is 4.79 Å². The van der Waals surface area contributed by atoms with Crippen LogP contribution in [0.2, 0.25) is 5.02 Å². The fourth-order valence-corrected chi connectivity index (χ4v) is 3.37. The predicted octanol–water partition coefficient (Wildman–Crippen LogP) is 4.38. The first-order valence-corrected chi connectivity index (χ1v) is 10.0. The summed E-state index contributed by atoms with van der Waals surface area (Å²) >= 11 is 5.93. The molecule has 1 aliphatic carbocycles. The van der Waals surface area contributed by atoms with Crippen LogP contribution in [0.25, 0.3) is 17.1 Å². The molecule has 2 heterocycles. The van der Waals surface area contributed by atoms with Crippen LogP contribution in [0.1, 0.15) is 29.1 Å². The molecular formula is C22H18ClN5O2. The van der Waals surface area contributed by atoms with E-state index in [-0.39, 0.29) is 18.5 Å². The van der Waals surface area contributed by atoms with Gasteiger partial charge < -0.3 is 9.32 Å². The Bertz CT molecular complexity index is 1170. The van der Waals surface area contributed by atoms with E-state index in [4.69, 9.17) is 16.0 Å². The van der Waals surface area contributed by atoms with E-state index in [1.165, 1.54) is 0 Å². The van der Waals surface area contributed by atoms with Gasteiger partial charge in [0.2, 0.25) is 11.8 Å². The Morgan fingerprint density at radius 1 is 1.10 bits per heavy atom. The summed E-state index contributed by atoms with van der Waals surface area (Å²) in [4.78, 5) is 14.9. The van der Waals surface area contributed by atoms with E-state index >= 15 is 0 Å². The van der Waals surface area contributed by atoms with Gasteiger partial charge in [-0.15, -0.1) is 10.2 Å². The third kappa shape index (κ3) is 3.84. The third-order valence-corrected chi connectivity index (χ3v) is 5.21. The first-order chi connectivity index (χ1) is 14.7. The molecule has 0 aliphatic heterocycles. The highest BCUT2D eigenvalue weighted by atomic mass is 35.5. The van der Waals surface area contributed by atoms with E-state index in [1.807, 2.05) is 42.5 Å². The lowest BCUT2D eigenvalue weighted by Gasteiger charge is -2.19. The minimum Gasteiger partial charge on any atom is -0.419 e. The number of rotatable bonds is 6. The van der Waals surface area contributed by atoms with Crippen molar-refractivity contribution in [2.75, 3.05) is 0 Å². The molecule has 1 fully saturated rings. The van der Waals surface area contributed by atoms with Crippen molar-refractivity contribution < 1.29 is 9.21 Å². The molecule has 1 aliphatic rings. The average Bonchev–Trinajstić information content (AvgIpc) is 3.30. The molecule has 1 amide bonds.